The normalized spacial score (nSPS) is 24.7. The van der Waals surface area contributed by atoms with Gasteiger partial charge in [-0.15, -0.1) is 0 Å². The van der Waals surface area contributed by atoms with Crippen LogP contribution in [0.15, 0.2) is 82.6 Å². The van der Waals surface area contributed by atoms with Crippen molar-refractivity contribution in [1.82, 2.24) is 0 Å². The van der Waals surface area contributed by atoms with Gasteiger partial charge in [0.1, 0.15) is 0 Å². The maximum absolute atomic E-state index is 14.4. The van der Waals surface area contributed by atoms with Crippen LogP contribution in [0.2, 0.25) is 19.6 Å². The number of benzene rings is 2. The molecule has 1 unspecified atom stereocenters. The van der Waals surface area contributed by atoms with Gasteiger partial charge in [0.15, 0.2) is 32.1 Å². The van der Waals surface area contributed by atoms with E-state index in [-0.39, 0.29) is 28.7 Å². The molecule has 0 amide bonds. The van der Waals surface area contributed by atoms with E-state index < -0.39 is 44.3 Å². The van der Waals surface area contributed by atoms with Crippen LogP contribution < -0.4 is 0 Å². The highest BCUT2D eigenvalue weighted by Crippen LogP contribution is 2.44. The van der Waals surface area contributed by atoms with E-state index >= 15 is 0 Å². The highest BCUT2D eigenvalue weighted by molar-refractivity contribution is 8.10. The number of sulfone groups is 2. The first-order valence-corrected chi connectivity index (χ1v) is 18.3. The van der Waals surface area contributed by atoms with Crippen LogP contribution in [0.1, 0.15) is 33.1 Å². The Morgan fingerprint density at radius 3 is 1.83 bits per heavy atom. The van der Waals surface area contributed by atoms with Gasteiger partial charge in [-0.2, -0.15) is 0 Å². The number of allylic oxidation sites excluding steroid dienone is 1. The molecule has 0 saturated carbocycles. The predicted octanol–water partition coefficient (Wildman–Crippen LogP) is 5.38. The van der Waals surface area contributed by atoms with Crippen molar-refractivity contribution in [3.05, 3.63) is 72.8 Å². The maximum atomic E-state index is 14.4. The zero-order valence-corrected chi connectivity index (χ0v) is 23.7. The van der Waals surface area contributed by atoms with Crippen LogP contribution in [0.4, 0.5) is 0 Å². The summed E-state index contributed by atoms with van der Waals surface area (Å²) in [6.45, 7) is 9.81. The van der Waals surface area contributed by atoms with Gasteiger partial charge in [0.25, 0.3) is 0 Å². The van der Waals surface area contributed by atoms with Gasteiger partial charge < -0.3 is 9.16 Å². The van der Waals surface area contributed by atoms with Gasteiger partial charge in [-0.1, -0.05) is 55.5 Å². The van der Waals surface area contributed by atoms with E-state index in [1.54, 1.807) is 48.6 Å². The molecule has 2 aromatic rings. The fourth-order valence-electron chi connectivity index (χ4n) is 4.40. The quantitative estimate of drug-likeness (QED) is 0.349. The molecular weight excluding hydrogens is 501 g/mol. The molecular formula is C26H36O6S2Si. The minimum atomic E-state index is -4.38. The van der Waals surface area contributed by atoms with Crippen LogP contribution in [-0.4, -0.2) is 47.5 Å². The summed E-state index contributed by atoms with van der Waals surface area (Å²) >= 11 is 0. The van der Waals surface area contributed by atoms with Crippen molar-refractivity contribution in [3.63, 3.8) is 0 Å². The zero-order valence-electron chi connectivity index (χ0n) is 21.0. The van der Waals surface area contributed by atoms with E-state index in [1.807, 2.05) is 33.5 Å². The monoisotopic (exact) mass is 536 g/mol. The molecule has 192 valence electrons. The summed E-state index contributed by atoms with van der Waals surface area (Å²) in [6, 6.07) is 15.7. The lowest BCUT2D eigenvalue weighted by molar-refractivity contribution is -0.0473. The molecule has 0 saturated heterocycles. The number of rotatable bonds is 7. The Morgan fingerprint density at radius 2 is 1.40 bits per heavy atom. The van der Waals surface area contributed by atoms with Gasteiger partial charge in [-0.05, 0) is 57.3 Å². The molecule has 1 aliphatic rings. The van der Waals surface area contributed by atoms with E-state index in [0.29, 0.717) is 6.42 Å². The van der Waals surface area contributed by atoms with Crippen LogP contribution >= 0.6 is 0 Å². The molecule has 0 N–H and O–H groups in total. The van der Waals surface area contributed by atoms with Crippen molar-refractivity contribution in [2.75, 3.05) is 0 Å². The number of hydrogen-bond donors (Lipinski definition) is 0. The fourth-order valence-corrected chi connectivity index (χ4v) is 10.6. The smallest absolute Gasteiger partial charge is 0.199 e. The molecule has 0 bridgehead atoms. The Hall–Kier alpha value is -1.78. The highest BCUT2D eigenvalue weighted by atomic mass is 32.3. The minimum absolute atomic E-state index is 0.0282. The van der Waals surface area contributed by atoms with E-state index in [9.17, 15) is 16.8 Å². The lowest BCUT2D eigenvalue weighted by Gasteiger charge is -2.39. The molecule has 2 aromatic carbocycles. The van der Waals surface area contributed by atoms with E-state index in [4.69, 9.17) is 9.16 Å². The second kappa shape index (κ2) is 10.7. The first kappa shape index (κ1) is 27.8. The van der Waals surface area contributed by atoms with Crippen molar-refractivity contribution >= 4 is 28.0 Å². The number of ether oxygens (including phenoxy) is 1. The molecule has 3 rings (SSSR count). The molecule has 1 heterocycles. The molecule has 3 atom stereocenters. The molecule has 0 aromatic heterocycles. The van der Waals surface area contributed by atoms with Crippen molar-refractivity contribution in [1.29, 1.82) is 0 Å². The summed E-state index contributed by atoms with van der Waals surface area (Å²) in [5, 5.41) is 0. The third-order valence-electron chi connectivity index (χ3n) is 6.20. The Kier molecular flexibility index (Phi) is 8.48. The number of hydrogen-bond acceptors (Lipinski definition) is 6. The van der Waals surface area contributed by atoms with E-state index in [2.05, 4.69) is 0 Å². The lowest BCUT2D eigenvalue weighted by atomic mass is 10.1. The Bertz CT molecular complexity index is 1150. The largest absolute Gasteiger partial charge is 0.412 e. The van der Waals surface area contributed by atoms with Crippen LogP contribution in [0.5, 0.6) is 0 Å². The average Bonchev–Trinajstić information content (AvgIpc) is 2.88. The highest BCUT2D eigenvalue weighted by Gasteiger charge is 2.57. The Morgan fingerprint density at radius 1 is 0.914 bits per heavy atom. The first-order valence-electron chi connectivity index (χ1n) is 11.9. The molecule has 1 aliphatic heterocycles. The van der Waals surface area contributed by atoms with Gasteiger partial charge >= 0.3 is 0 Å². The van der Waals surface area contributed by atoms with Crippen LogP contribution in [-0.2, 0) is 28.8 Å². The van der Waals surface area contributed by atoms with Gasteiger partial charge in [-0.3, -0.25) is 0 Å². The van der Waals surface area contributed by atoms with Crippen molar-refractivity contribution in [3.8, 4) is 0 Å². The Labute approximate surface area is 211 Å². The summed E-state index contributed by atoms with van der Waals surface area (Å²) in [4.78, 5) is -0.0564. The first-order chi connectivity index (χ1) is 16.3. The third kappa shape index (κ3) is 5.80. The SMILES string of the molecule is CCC1/C=C\CC(S(=O)(=O)c2ccccc2)(S(=O)(=O)c2ccccc2)C[C@@H](O[Si](C)(C)C)[C@H](C)O1. The van der Waals surface area contributed by atoms with Gasteiger partial charge in [-0.25, -0.2) is 16.8 Å². The van der Waals surface area contributed by atoms with Crippen LogP contribution in [0.3, 0.4) is 0 Å². The third-order valence-corrected chi connectivity index (χ3v) is 12.9. The maximum Gasteiger partial charge on any atom is 0.199 e. The molecule has 0 fully saturated rings. The molecule has 6 nitrogen and oxygen atoms in total. The average molecular weight is 537 g/mol. The summed E-state index contributed by atoms with van der Waals surface area (Å²) in [6.07, 6.45) is 2.14. The lowest BCUT2D eigenvalue weighted by Crippen LogP contribution is -2.52. The summed E-state index contributed by atoms with van der Waals surface area (Å²) in [5.74, 6) is 0. The van der Waals surface area contributed by atoms with Crippen molar-refractivity contribution in [2.24, 2.45) is 0 Å². The molecule has 9 heteroatoms. The topological polar surface area (TPSA) is 86.7 Å². The summed E-state index contributed by atoms with van der Waals surface area (Å²) in [5.41, 5.74) is 0. The summed E-state index contributed by atoms with van der Waals surface area (Å²) < 4.78 is 68.0. The molecule has 0 spiro atoms. The van der Waals surface area contributed by atoms with Crippen LogP contribution in [0.25, 0.3) is 0 Å². The van der Waals surface area contributed by atoms with Crippen molar-refractivity contribution in [2.45, 2.75) is 84.9 Å². The van der Waals surface area contributed by atoms with Gasteiger partial charge in [0.05, 0.1) is 28.1 Å². The minimum Gasteiger partial charge on any atom is -0.412 e. The van der Waals surface area contributed by atoms with E-state index in [1.165, 1.54) is 24.3 Å². The molecule has 0 aliphatic carbocycles. The zero-order chi connectivity index (χ0) is 25.9. The fraction of sp³-hybridized carbons (Fsp3) is 0.462. The summed E-state index contributed by atoms with van der Waals surface area (Å²) in [7, 11) is -11.0. The van der Waals surface area contributed by atoms with Gasteiger partial charge in [0, 0.05) is 12.8 Å². The molecule has 0 radical (unpaired) electrons. The van der Waals surface area contributed by atoms with Crippen LogP contribution in [0, 0.1) is 0 Å². The second-order valence-electron chi connectivity index (χ2n) is 9.94. The Balaban J connectivity index is 2.35. The second-order valence-corrected chi connectivity index (χ2v) is 19.2. The standard InChI is InChI=1S/C26H36O6S2Si/c1-6-22-14-13-19-26(33(27,28)23-15-9-7-10-16-23,34(29,30)24-17-11-8-12-18-24)20-25(21(2)31-22)32-35(3,4)5/h7-18,21-22,25H,6,19-20H2,1-5H3/b14-13-/t21-,22?,25+/m0/s1. The van der Waals surface area contributed by atoms with Gasteiger partial charge in [0.2, 0.25) is 0 Å². The van der Waals surface area contributed by atoms with Crippen molar-refractivity contribution < 1.29 is 26.0 Å². The van der Waals surface area contributed by atoms with E-state index in [0.717, 1.165) is 0 Å². The molecule has 35 heavy (non-hydrogen) atoms. The predicted molar refractivity (Wildman–Crippen MR) is 141 cm³/mol.